The highest BCUT2D eigenvalue weighted by molar-refractivity contribution is 5.79. The highest BCUT2D eigenvalue weighted by atomic mass is 16.6. The SMILES string of the molecule is CCNC(=NCc1ccco1)NCCNC(=O)OC(C)(C)C. The number of ether oxygens (including phenoxy) is 1. The van der Waals surface area contributed by atoms with E-state index in [1.165, 1.54) is 0 Å². The summed E-state index contributed by atoms with van der Waals surface area (Å²) >= 11 is 0. The zero-order chi connectivity index (χ0) is 16.4. The van der Waals surface area contributed by atoms with Crippen LogP contribution in [-0.2, 0) is 11.3 Å². The third-order valence-electron chi connectivity index (χ3n) is 2.40. The summed E-state index contributed by atoms with van der Waals surface area (Å²) in [5, 5.41) is 8.93. The number of nitrogens with one attached hydrogen (secondary N) is 3. The van der Waals surface area contributed by atoms with Crippen LogP contribution in [0.3, 0.4) is 0 Å². The molecule has 1 aromatic rings. The van der Waals surface area contributed by atoms with Crippen LogP contribution in [0.2, 0.25) is 0 Å². The lowest BCUT2D eigenvalue weighted by Gasteiger charge is -2.19. The van der Waals surface area contributed by atoms with E-state index in [1.807, 2.05) is 39.8 Å². The van der Waals surface area contributed by atoms with Gasteiger partial charge in [0.25, 0.3) is 0 Å². The number of hydrogen-bond acceptors (Lipinski definition) is 4. The van der Waals surface area contributed by atoms with Gasteiger partial charge in [0.2, 0.25) is 0 Å². The molecule has 1 amide bonds. The molecule has 0 fully saturated rings. The summed E-state index contributed by atoms with van der Waals surface area (Å²) in [4.78, 5) is 15.9. The summed E-state index contributed by atoms with van der Waals surface area (Å²) < 4.78 is 10.4. The lowest BCUT2D eigenvalue weighted by Crippen LogP contribution is -2.42. The molecule has 22 heavy (non-hydrogen) atoms. The Hall–Kier alpha value is -2.18. The van der Waals surface area contributed by atoms with Gasteiger partial charge >= 0.3 is 6.09 Å². The highest BCUT2D eigenvalue weighted by Gasteiger charge is 2.15. The number of carbonyl (C=O) groups excluding carboxylic acids is 1. The third kappa shape index (κ3) is 8.18. The second kappa shape index (κ2) is 8.96. The first-order valence-electron chi connectivity index (χ1n) is 7.42. The summed E-state index contributed by atoms with van der Waals surface area (Å²) in [5.41, 5.74) is -0.489. The van der Waals surface area contributed by atoms with Crippen molar-refractivity contribution in [2.45, 2.75) is 39.8 Å². The van der Waals surface area contributed by atoms with Crippen molar-refractivity contribution in [2.24, 2.45) is 4.99 Å². The number of furan rings is 1. The monoisotopic (exact) mass is 310 g/mol. The van der Waals surface area contributed by atoms with Gasteiger partial charge in [0.05, 0.1) is 6.26 Å². The minimum absolute atomic E-state index is 0.424. The van der Waals surface area contributed by atoms with Crippen molar-refractivity contribution in [3.8, 4) is 0 Å². The molecule has 0 bridgehead atoms. The molecule has 1 aromatic heterocycles. The van der Waals surface area contributed by atoms with Gasteiger partial charge in [-0.2, -0.15) is 0 Å². The average molecular weight is 310 g/mol. The molecule has 0 aliphatic carbocycles. The molecule has 0 unspecified atom stereocenters. The van der Waals surface area contributed by atoms with Gasteiger partial charge < -0.3 is 25.1 Å². The smallest absolute Gasteiger partial charge is 0.407 e. The molecule has 7 heteroatoms. The maximum atomic E-state index is 11.5. The van der Waals surface area contributed by atoms with E-state index in [-0.39, 0.29) is 0 Å². The summed E-state index contributed by atoms with van der Waals surface area (Å²) in [6.07, 6.45) is 1.20. The van der Waals surface area contributed by atoms with E-state index < -0.39 is 11.7 Å². The zero-order valence-electron chi connectivity index (χ0n) is 13.7. The number of alkyl carbamates (subject to hydrolysis) is 1. The lowest BCUT2D eigenvalue weighted by atomic mass is 10.2. The fraction of sp³-hybridized carbons (Fsp3) is 0.600. The van der Waals surface area contributed by atoms with Crippen LogP contribution in [-0.4, -0.2) is 37.3 Å². The molecule has 124 valence electrons. The van der Waals surface area contributed by atoms with Crippen molar-refractivity contribution in [3.05, 3.63) is 24.2 Å². The first-order chi connectivity index (χ1) is 10.4. The maximum Gasteiger partial charge on any atom is 0.407 e. The van der Waals surface area contributed by atoms with Crippen LogP contribution in [0, 0.1) is 0 Å². The largest absolute Gasteiger partial charge is 0.467 e. The number of rotatable bonds is 6. The van der Waals surface area contributed by atoms with Gasteiger partial charge in [0.1, 0.15) is 17.9 Å². The van der Waals surface area contributed by atoms with Crippen LogP contribution in [0.15, 0.2) is 27.8 Å². The Bertz CT molecular complexity index is 464. The summed E-state index contributed by atoms with van der Waals surface area (Å²) in [7, 11) is 0. The molecule has 0 aliphatic heterocycles. The molecule has 3 N–H and O–H groups in total. The lowest BCUT2D eigenvalue weighted by molar-refractivity contribution is 0.0529. The second-order valence-corrected chi connectivity index (χ2v) is 5.63. The molecule has 0 saturated heterocycles. The van der Waals surface area contributed by atoms with Gasteiger partial charge in [-0.1, -0.05) is 0 Å². The molecular formula is C15H26N4O3. The van der Waals surface area contributed by atoms with Crippen LogP contribution in [0.4, 0.5) is 4.79 Å². The molecule has 0 saturated carbocycles. The van der Waals surface area contributed by atoms with Crippen molar-refractivity contribution in [2.75, 3.05) is 19.6 Å². The van der Waals surface area contributed by atoms with E-state index in [2.05, 4.69) is 20.9 Å². The van der Waals surface area contributed by atoms with Crippen LogP contribution < -0.4 is 16.0 Å². The minimum Gasteiger partial charge on any atom is -0.467 e. The van der Waals surface area contributed by atoms with Crippen molar-refractivity contribution < 1.29 is 13.9 Å². The molecule has 1 rings (SSSR count). The average Bonchev–Trinajstić information content (AvgIpc) is 2.92. The number of carbonyl (C=O) groups is 1. The van der Waals surface area contributed by atoms with Crippen LogP contribution in [0.1, 0.15) is 33.5 Å². The predicted octanol–water partition coefficient (Wildman–Crippen LogP) is 1.86. The summed E-state index contributed by atoms with van der Waals surface area (Å²) in [6, 6.07) is 3.70. The van der Waals surface area contributed by atoms with Crippen molar-refractivity contribution in [1.29, 1.82) is 0 Å². The molecule has 0 aromatic carbocycles. The number of hydrogen-bond donors (Lipinski definition) is 3. The summed E-state index contributed by atoms with van der Waals surface area (Å²) in [6.45, 7) is 9.68. The van der Waals surface area contributed by atoms with Gasteiger partial charge in [-0.3, -0.25) is 0 Å². The maximum absolute atomic E-state index is 11.5. The highest BCUT2D eigenvalue weighted by Crippen LogP contribution is 2.06. The van der Waals surface area contributed by atoms with Crippen molar-refractivity contribution in [1.82, 2.24) is 16.0 Å². The Morgan fingerprint density at radius 3 is 2.59 bits per heavy atom. The quantitative estimate of drug-likeness (QED) is 0.424. The van der Waals surface area contributed by atoms with Gasteiger partial charge in [0, 0.05) is 19.6 Å². The standard InChI is InChI=1S/C15H26N4O3/c1-5-16-13(19-11-12-7-6-10-21-12)17-8-9-18-14(20)22-15(2,3)4/h6-7,10H,5,8-9,11H2,1-4H3,(H,18,20)(H2,16,17,19). The number of aliphatic imine (C=N–C) groups is 1. The molecule has 1 heterocycles. The second-order valence-electron chi connectivity index (χ2n) is 5.63. The Kier molecular flexibility index (Phi) is 7.28. The summed E-state index contributed by atoms with van der Waals surface area (Å²) in [5.74, 6) is 1.47. The van der Waals surface area contributed by atoms with Crippen molar-refractivity contribution in [3.63, 3.8) is 0 Å². The van der Waals surface area contributed by atoms with Gasteiger partial charge in [-0.25, -0.2) is 9.79 Å². The molecular weight excluding hydrogens is 284 g/mol. The van der Waals surface area contributed by atoms with E-state index in [1.54, 1.807) is 6.26 Å². The Balaban J connectivity index is 2.29. The first kappa shape index (κ1) is 17.9. The Labute approximate surface area is 131 Å². The van der Waals surface area contributed by atoms with Crippen molar-refractivity contribution >= 4 is 12.1 Å². The fourth-order valence-corrected chi connectivity index (χ4v) is 1.56. The molecule has 0 atom stereocenters. The first-order valence-corrected chi connectivity index (χ1v) is 7.42. The molecule has 0 spiro atoms. The number of amides is 1. The van der Waals surface area contributed by atoms with E-state index in [9.17, 15) is 4.79 Å². The fourth-order valence-electron chi connectivity index (χ4n) is 1.56. The topological polar surface area (TPSA) is 87.9 Å². The Morgan fingerprint density at radius 2 is 2.00 bits per heavy atom. The van der Waals surface area contributed by atoms with E-state index in [0.29, 0.717) is 25.6 Å². The predicted molar refractivity (Wildman–Crippen MR) is 85.8 cm³/mol. The van der Waals surface area contributed by atoms with Crippen LogP contribution in [0.25, 0.3) is 0 Å². The van der Waals surface area contributed by atoms with Gasteiger partial charge in [0.15, 0.2) is 5.96 Å². The molecule has 7 nitrogen and oxygen atoms in total. The molecule has 0 radical (unpaired) electrons. The third-order valence-corrected chi connectivity index (χ3v) is 2.40. The zero-order valence-corrected chi connectivity index (χ0v) is 13.7. The van der Waals surface area contributed by atoms with Crippen LogP contribution in [0.5, 0.6) is 0 Å². The van der Waals surface area contributed by atoms with Crippen LogP contribution >= 0.6 is 0 Å². The van der Waals surface area contributed by atoms with E-state index >= 15 is 0 Å². The van der Waals surface area contributed by atoms with Gasteiger partial charge in [-0.05, 0) is 39.8 Å². The normalized spacial score (nSPS) is 11.9. The number of guanidine groups is 1. The minimum atomic E-state index is -0.489. The van der Waals surface area contributed by atoms with E-state index in [0.717, 1.165) is 12.3 Å². The molecule has 0 aliphatic rings. The number of nitrogens with zero attached hydrogens (tertiary/aromatic N) is 1. The van der Waals surface area contributed by atoms with E-state index in [4.69, 9.17) is 9.15 Å². The Morgan fingerprint density at radius 1 is 1.27 bits per heavy atom. The van der Waals surface area contributed by atoms with Gasteiger partial charge in [-0.15, -0.1) is 0 Å².